The van der Waals surface area contributed by atoms with Gasteiger partial charge in [0.15, 0.2) is 0 Å². The Morgan fingerprint density at radius 1 is 0.962 bits per heavy atom. The quantitative estimate of drug-likeness (QED) is 0.407. The van der Waals surface area contributed by atoms with Gasteiger partial charge in [0.05, 0.1) is 5.56 Å². The lowest BCUT2D eigenvalue weighted by Gasteiger charge is -2.37. The first-order valence-corrected chi connectivity index (χ1v) is 10.9. The summed E-state index contributed by atoms with van der Waals surface area (Å²) in [5.41, 5.74) is 0.646. The number of hydrogen-bond donors (Lipinski definition) is 0. The SMILES string of the molecule is CCCCCC1CCC(C2CCC(OC(=O)c3cc[c]cc3)CC2)CC1. The van der Waals surface area contributed by atoms with Crippen molar-refractivity contribution >= 4 is 5.97 Å². The number of hydrogen-bond acceptors (Lipinski definition) is 2. The summed E-state index contributed by atoms with van der Waals surface area (Å²) in [5.74, 6) is 2.62. The van der Waals surface area contributed by atoms with Crippen LogP contribution in [0.2, 0.25) is 0 Å². The Morgan fingerprint density at radius 2 is 1.58 bits per heavy atom. The zero-order chi connectivity index (χ0) is 18.2. The van der Waals surface area contributed by atoms with Crippen molar-refractivity contribution in [2.24, 2.45) is 17.8 Å². The van der Waals surface area contributed by atoms with Crippen LogP contribution in [0, 0.1) is 23.8 Å². The third-order valence-corrected chi connectivity index (χ3v) is 6.72. The molecule has 3 rings (SSSR count). The Labute approximate surface area is 159 Å². The van der Waals surface area contributed by atoms with Crippen molar-refractivity contribution in [2.75, 3.05) is 0 Å². The van der Waals surface area contributed by atoms with E-state index in [1.165, 1.54) is 64.2 Å². The highest BCUT2D eigenvalue weighted by molar-refractivity contribution is 5.89. The minimum atomic E-state index is -0.171. The molecule has 2 saturated carbocycles. The van der Waals surface area contributed by atoms with Gasteiger partial charge in [-0.15, -0.1) is 0 Å². The van der Waals surface area contributed by atoms with E-state index in [0.717, 1.165) is 30.6 Å². The average molecular weight is 356 g/mol. The Morgan fingerprint density at radius 3 is 2.19 bits per heavy atom. The molecule has 143 valence electrons. The van der Waals surface area contributed by atoms with Gasteiger partial charge in [-0.25, -0.2) is 4.79 Å². The van der Waals surface area contributed by atoms with Gasteiger partial charge in [0, 0.05) is 0 Å². The van der Waals surface area contributed by atoms with Crippen LogP contribution in [0.4, 0.5) is 0 Å². The minimum absolute atomic E-state index is 0.119. The highest BCUT2D eigenvalue weighted by atomic mass is 16.5. The number of esters is 1. The highest BCUT2D eigenvalue weighted by Crippen LogP contribution is 2.41. The number of rotatable bonds is 7. The molecule has 0 spiro atoms. The Kier molecular flexibility index (Phi) is 7.58. The summed E-state index contributed by atoms with van der Waals surface area (Å²) in [4.78, 5) is 12.2. The van der Waals surface area contributed by atoms with Crippen molar-refractivity contribution < 1.29 is 9.53 Å². The molecule has 0 aliphatic heterocycles. The molecule has 2 aliphatic rings. The molecule has 2 fully saturated rings. The zero-order valence-corrected chi connectivity index (χ0v) is 16.4. The molecule has 0 amide bonds. The van der Waals surface area contributed by atoms with Crippen LogP contribution in [-0.2, 0) is 4.74 Å². The van der Waals surface area contributed by atoms with Crippen LogP contribution in [0.3, 0.4) is 0 Å². The molecule has 0 bridgehead atoms. The third-order valence-electron chi connectivity index (χ3n) is 6.72. The van der Waals surface area contributed by atoms with Gasteiger partial charge in [-0.3, -0.25) is 0 Å². The molecule has 26 heavy (non-hydrogen) atoms. The second-order valence-electron chi connectivity index (χ2n) is 8.51. The van der Waals surface area contributed by atoms with Crippen LogP contribution < -0.4 is 0 Å². The van der Waals surface area contributed by atoms with Crippen LogP contribution >= 0.6 is 0 Å². The predicted molar refractivity (Wildman–Crippen MR) is 106 cm³/mol. The van der Waals surface area contributed by atoms with E-state index in [4.69, 9.17) is 4.74 Å². The number of carbonyl (C=O) groups is 1. The first kappa shape index (κ1) is 19.5. The van der Waals surface area contributed by atoms with Crippen LogP contribution in [0.25, 0.3) is 0 Å². The predicted octanol–water partition coefficient (Wildman–Crippen LogP) is 6.59. The van der Waals surface area contributed by atoms with Crippen molar-refractivity contribution in [3.63, 3.8) is 0 Å². The fourth-order valence-corrected chi connectivity index (χ4v) is 5.05. The lowest BCUT2D eigenvalue weighted by molar-refractivity contribution is 0.0109. The molecule has 0 unspecified atom stereocenters. The lowest BCUT2D eigenvalue weighted by Crippen LogP contribution is -2.29. The van der Waals surface area contributed by atoms with Crippen LogP contribution in [0.15, 0.2) is 24.3 Å². The van der Waals surface area contributed by atoms with Crippen molar-refractivity contribution in [3.8, 4) is 0 Å². The van der Waals surface area contributed by atoms with Crippen molar-refractivity contribution in [2.45, 2.75) is 90.1 Å². The first-order chi connectivity index (χ1) is 12.8. The number of ether oxygens (including phenoxy) is 1. The van der Waals surface area contributed by atoms with Gasteiger partial charge in [0.2, 0.25) is 0 Å². The Hall–Kier alpha value is -1.31. The average Bonchev–Trinajstić information content (AvgIpc) is 2.70. The molecule has 2 aliphatic carbocycles. The van der Waals surface area contributed by atoms with E-state index in [1.54, 1.807) is 24.3 Å². The van der Waals surface area contributed by atoms with Gasteiger partial charge in [-0.1, -0.05) is 57.6 Å². The van der Waals surface area contributed by atoms with Crippen molar-refractivity contribution in [1.29, 1.82) is 0 Å². The number of unbranched alkanes of at least 4 members (excludes halogenated alkanes) is 2. The first-order valence-electron chi connectivity index (χ1n) is 10.9. The highest BCUT2D eigenvalue weighted by Gasteiger charge is 2.31. The Bertz CT molecular complexity index is 522. The van der Waals surface area contributed by atoms with Gasteiger partial charge in [0.1, 0.15) is 6.10 Å². The summed E-state index contributed by atoms with van der Waals surface area (Å²) in [6.45, 7) is 2.29. The molecule has 0 heterocycles. The van der Waals surface area contributed by atoms with Gasteiger partial charge in [0.25, 0.3) is 0 Å². The van der Waals surface area contributed by atoms with E-state index in [0.29, 0.717) is 5.56 Å². The maximum absolute atomic E-state index is 12.2. The van der Waals surface area contributed by atoms with Gasteiger partial charge in [-0.2, -0.15) is 0 Å². The molecule has 2 heteroatoms. The molecular weight excluding hydrogens is 320 g/mol. The minimum Gasteiger partial charge on any atom is -0.459 e. The molecule has 1 aromatic rings. The second kappa shape index (κ2) is 10.1. The summed E-state index contributed by atoms with van der Waals surface area (Å²) in [6, 6.07) is 10.1. The maximum atomic E-state index is 12.2. The second-order valence-corrected chi connectivity index (χ2v) is 8.51. The summed E-state index contributed by atoms with van der Waals surface area (Å²) in [5, 5.41) is 0. The third kappa shape index (κ3) is 5.59. The summed E-state index contributed by atoms with van der Waals surface area (Å²) in [6.07, 6.45) is 16.1. The van der Waals surface area contributed by atoms with Crippen LogP contribution in [-0.4, -0.2) is 12.1 Å². The van der Waals surface area contributed by atoms with E-state index in [2.05, 4.69) is 13.0 Å². The molecule has 1 aromatic carbocycles. The largest absolute Gasteiger partial charge is 0.459 e. The molecule has 0 N–H and O–H groups in total. The number of carbonyl (C=O) groups excluding carboxylic acids is 1. The van der Waals surface area contributed by atoms with E-state index in [-0.39, 0.29) is 12.1 Å². The standard InChI is InChI=1S/C24H35O2/c1-2-3-5-8-19-11-13-20(14-12-19)21-15-17-23(18-16-21)26-24(25)22-9-6-4-7-10-22/h6-7,9-10,19-21,23H,2-3,5,8,11-18H2,1H3. The topological polar surface area (TPSA) is 26.3 Å². The van der Waals surface area contributed by atoms with E-state index >= 15 is 0 Å². The summed E-state index contributed by atoms with van der Waals surface area (Å²) in [7, 11) is 0. The maximum Gasteiger partial charge on any atom is 0.338 e. The lowest BCUT2D eigenvalue weighted by atomic mass is 9.70. The smallest absolute Gasteiger partial charge is 0.338 e. The van der Waals surface area contributed by atoms with Gasteiger partial charge >= 0.3 is 5.97 Å². The zero-order valence-electron chi connectivity index (χ0n) is 16.4. The Balaban J connectivity index is 1.36. The van der Waals surface area contributed by atoms with Crippen LogP contribution in [0.5, 0.6) is 0 Å². The molecule has 2 nitrogen and oxygen atoms in total. The summed E-state index contributed by atoms with van der Waals surface area (Å²) >= 11 is 0. The fourth-order valence-electron chi connectivity index (χ4n) is 5.05. The van der Waals surface area contributed by atoms with Gasteiger partial charge < -0.3 is 4.74 Å². The normalized spacial score (nSPS) is 29.3. The summed E-state index contributed by atoms with van der Waals surface area (Å²) < 4.78 is 5.73. The molecule has 0 atom stereocenters. The molecule has 1 radical (unpaired) electrons. The number of benzene rings is 1. The fraction of sp³-hybridized carbons (Fsp3) is 0.708. The monoisotopic (exact) mass is 355 g/mol. The van der Waals surface area contributed by atoms with Crippen molar-refractivity contribution in [3.05, 3.63) is 35.9 Å². The van der Waals surface area contributed by atoms with Crippen LogP contribution in [0.1, 0.15) is 94.3 Å². The molecule has 0 saturated heterocycles. The van der Waals surface area contributed by atoms with E-state index in [1.807, 2.05) is 0 Å². The van der Waals surface area contributed by atoms with E-state index < -0.39 is 0 Å². The van der Waals surface area contributed by atoms with Gasteiger partial charge in [-0.05, 0) is 74.5 Å². The van der Waals surface area contributed by atoms with E-state index in [9.17, 15) is 4.79 Å². The molecular formula is C24H35O2. The van der Waals surface area contributed by atoms with Crippen molar-refractivity contribution in [1.82, 2.24) is 0 Å². The molecule has 0 aromatic heterocycles.